The SMILES string of the molecule is C#Cc1ccc(C2CCc3c(nc4cc(C(=C)N5CCN(C(=C)CCCC)CC5C)ccc4c3Cl)C2)nc1.CC.CC.CSC. The second kappa shape index (κ2) is 19.5. The van der Waals surface area contributed by atoms with Crippen molar-refractivity contribution in [2.24, 2.45) is 0 Å². The summed E-state index contributed by atoms with van der Waals surface area (Å²) in [5, 5.41) is 1.85. The van der Waals surface area contributed by atoms with Gasteiger partial charge >= 0.3 is 0 Å². The molecule has 2 unspecified atom stereocenters. The second-order valence-corrected chi connectivity index (χ2v) is 12.3. The van der Waals surface area contributed by atoms with Crippen molar-refractivity contribution < 1.29 is 0 Å². The number of allylic oxidation sites excluding steroid dienone is 1. The second-order valence-electron chi connectivity index (χ2n) is 11.2. The normalized spacial score (nSPS) is 16.9. The van der Waals surface area contributed by atoms with E-state index >= 15 is 0 Å². The maximum absolute atomic E-state index is 6.95. The van der Waals surface area contributed by atoms with Crippen molar-refractivity contribution in [1.82, 2.24) is 19.8 Å². The van der Waals surface area contributed by atoms with Crippen LogP contribution >= 0.6 is 23.4 Å². The standard InChI is InChI=1S/C33H37ClN4.C2H6S.2C2H6/c1-6-8-9-22(3)37-16-17-38(23(4)21-37)24(5)26-11-13-28-31(18-26)36-32-19-27(12-14-29(32)33(28)34)30-15-10-25(7-2)20-35-30;1-3-2;2*1-2/h2,10-11,13,15,18,20,23,27H,3,5-6,8-9,12,14,16-17,19,21H2,1,4H3;1-2H3;2*1-2H3. The molecule has 1 fully saturated rings. The van der Waals surface area contributed by atoms with E-state index in [1.165, 1.54) is 24.1 Å². The maximum Gasteiger partial charge on any atom is 0.0727 e. The predicted octanol–water partition coefficient (Wildman–Crippen LogP) is 10.2. The number of hydrogen-bond donors (Lipinski definition) is 0. The van der Waals surface area contributed by atoms with Crippen LogP contribution in [0.3, 0.4) is 0 Å². The Hall–Kier alpha value is -2.94. The van der Waals surface area contributed by atoms with Gasteiger partial charge < -0.3 is 9.80 Å². The first-order chi connectivity index (χ1) is 21.8. The van der Waals surface area contributed by atoms with Crippen LogP contribution in [0, 0.1) is 12.3 Å². The molecule has 1 aliphatic carbocycles. The van der Waals surface area contributed by atoms with Crippen LogP contribution in [0.2, 0.25) is 5.02 Å². The van der Waals surface area contributed by atoms with Crippen molar-refractivity contribution >= 4 is 40.0 Å². The average Bonchev–Trinajstić information content (AvgIpc) is 3.08. The lowest BCUT2D eigenvalue weighted by Gasteiger charge is -2.44. The van der Waals surface area contributed by atoms with Crippen LogP contribution in [-0.4, -0.2) is 58.0 Å². The van der Waals surface area contributed by atoms with Gasteiger partial charge in [0, 0.05) is 71.5 Å². The van der Waals surface area contributed by atoms with E-state index in [-0.39, 0.29) is 0 Å². The third kappa shape index (κ3) is 9.77. The fraction of sp³-hybridized carbons (Fsp3) is 0.487. The van der Waals surface area contributed by atoms with Crippen molar-refractivity contribution in [2.75, 3.05) is 32.1 Å². The Morgan fingerprint density at radius 3 is 2.42 bits per heavy atom. The molecule has 0 N–H and O–H groups in total. The molecule has 1 saturated heterocycles. The van der Waals surface area contributed by atoms with Crippen molar-refractivity contribution in [3.8, 4) is 12.3 Å². The molecule has 2 aliphatic rings. The molecule has 45 heavy (non-hydrogen) atoms. The molecule has 0 bridgehead atoms. The van der Waals surface area contributed by atoms with E-state index in [1.807, 2.05) is 46.3 Å². The number of fused-ring (bicyclic) bond motifs is 2. The Labute approximate surface area is 283 Å². The topological polar surface area (TPSA) is 32.3 Å². The molecular weight excluding hydrogens is 592 g/mol. The van der Waals surface area contributed by atoms with E-state index in [0.717, 1.165) is 89.5 Å². The largest absolute Gasteiger partial charge is 0.371 e. The van der Waals surface area contributed by atoms with Crippen LogP contribution in [0.25, 0.3) is 16.6 Å². The first kappa shape index (κ1) is 38.2. The van der Waals surface area contributed by atoms with Crippen molar-refractivity contribution in [3.05, 3.63) is 88.5 Å². The Bertz CT molecular complexity index is 1430. The van der Waals surface area contributed by atoms with Crippen LogP contribution in [0.4, 0.5) is 0 Å². The monoisotopic (exact) mass is 646 g/mol. The molecule has 3 heterocycles. The van der Waals surface area contributed by atoms with Crippen molar-refractivity contribution in [3.63, 3.8) is 0 Å². The summed E-state index contributed by atoms with van der Waals surface area (Å²) in [6.45, 7) is 24.2. The van der Waals surface area contributed by atoms with Gasteiger partial charge in [0.1, 0.15) is 0 Å². The molecule has 244 valence electrons. The number of piperazine rings is 1. The van der Waals surface area contributed by atoms with E-state index in [4.69, 9.17) is 23.0 Å². The number of unbranched alkanes of at least 4 members (excludes halogenated alkanes) is 1. The Balaban J connectivity index is 0.000000934. The van der Waals surface area contributed by atoms with Crippen molar-refractivity contribution in [2.45, 2.75) is 92.0 Å². The smallest absolute Gasteiger partial charge is 0.0727 e. The van der Waals surface area contributed by atoms with E-state index in [0.29, 0.717) is 12.0 Å². The van der Waals surface area contributed by atoms with E-state index in [1.54, 1.807) is 18.0 Å². The number of hydrogen-bond acceptors (Lipinski definition) is 5. The fourth-order valence-corrected chi connectivity index (χ4v) is 6.27. The summed E-state index contributed by atoms with van der Waals surface area (Å²) in [6.07, 6.45) is 17.6. The molecule has 0 spiro atoms. The van der Waals surface area contributed by atoms with Crippen LogP contribution < -0.4 is 0 Å². The molecule has 5 rings (SSSR count). The fourth-order valence-electron chi connectivity index (χ4n) is 5.90. The molecule has 1 aromatic carbocycles. The number of terminal acetylenes is 1. The number of aromatic nitrogens is 2. The number of pyridine rings is 2. The van der Waals surface area contributed by atoms with Gasteiger partial charge in [0.15, 0.2) is 0 Å². The summed E-state index contributed by atoms with van der Waals surface area (Å²) < 4.78 is 0. The van der Waals surface area contributed by atoms with Gasteiger partial charge in [-0.3, -0.25) is 9.97 Å². The molecule has 1 aliphatic heterocycles. The van der Waals surface area contributed by atoms with Crippen LogP contribution in [0.15, 0.2) is 55.4 Å². The van der Waals surface area contributed by atoms with E-state index < -0.39 is 0 Å². The summed E-state index contributed by atoms with van der Waals surface area (Å²) in [6, 6.07) is 10.8. The molecule has 2 atom stereocenters. The Morgan fingerprint density at radius 2 is 1.82 bits per heavy atom. The van der Waals surface area contributed by atoms with Crippen molar-refractivity contribution in [1.29, 1.82) is 0 Å². The van der Waals surface area contributed by atoms with Gasteiger partial charge in [-0.05, 0) is 80.9 Å². The highest BCUT2D eigenvalue weighted by Crippen LogP contribution is 2.38. The first-order valence-electron chi connectivity index (χ1n) is 16.6. The number of rotatable bonds is 7. The summed E-state index contributed by atoms with van der Waals surface area (Å²) in [4.78, 5) is 14.6. The summed E-state index contributed by atoms with van der Waals surface area (Å²) in [5.74, 6) is 2.96. The Kier molecular flexibility index (Phi) is 16.6. The van der Waals surface area contributed by atoms with Gasteiger partial charge in [-0.1, -0.05) is 83.9 Å². The molecule has 4 nitrogen and oxygen atoms in total. The lowest BCUT2D eigenvalue weighted by Crippen LogP contribution is -2.50. The summed E-state index contributed by atoms with van der Waals surface area (Å²) in [5.41, 5.74) is 8.48. The zero-order chi connectivity index (χ0) is 33.5. The lowest BCUT2D eigenvalue weighted by molar-refractivity contribution is 0.155. The average molecular weight is 647 g/mol. The van der Waals surface area contributed by atoms with Crippen LogP contribution in [0.1, 0.15) is 101 Å². The third-order valence-corrected chi connectivity index (χ3v) is 8.66. The van der Waals surface area contributed by atoms with Gasteiger partial charge in [0.2, 0.25) is 0 Å². The minimum atomic E-state index is 0.317. The van der Waals surface area contributed by atoms with Crippen LogP contribution in [-0.2, 0) is 12.8 Å². The molecule has 6 heteroatoms. The first-order valence-corrected chi connectivity index (χ1v) is 18.6. The number of nitrogens with zero attached hydrogens (tertiary/aromatic N) is 4. The highest BCUT2D eigenvalue weighted by molar-refractivity contribution is 7.97. The highest BCUT2D eigenvalue weighted by Gasteiger charge is 2.27. The van der Waals surface area contributed by atoms with Gasteiger partial charge in [0.25, 0.3) is 0 Å². The third-order valence-electron chi connectivity index (χ3n) is 8.23. The summed E-state index contributed by atoms with van der Waals surface area (Å²) >= 11 is 8.70. The van der Waals surface area contributed by atoms with Gasteiger partial charge in [-0.2, -0.15) is 11.8 Å². The van der Waals surface area contributed by atoms with Crippen LogP contribution in [0.5, 0.6) is 0 Å². The van der Waals surface area contributed by atoms with E-state index in [2.05, 4.69) is 72.0 Å². The molecule has 0 amide bonds. The minimum absolute atomic E-state index is 0.317. The van der Waals surface area contributed by atoms with Gasteiger partial charge in [-0.15, -0.1) is 6.42 Å². The van der Waals surface area contributed by atoms with Gasteiger partial charge in [0.05, 0.1) is 10.5 Å². The molecular formula is C39H55ClN4S. The predicted molar refractivity (Wildman–Crippen MR) is 201 cm³/mol. The number of benzene rings is 1. The highest BCUT2D eigenvalue weighted by atomic mass is 35.5. The number of thioether (sulfide) groups is 1. The zero-order valence-electron chi connectivity index (χ0n) is 29.0. The molecule has 0 saturated carbocycles. The Morgan fingerprint density at radius 1 is 1.11 bits per heavy atom. The minimum Gasteiger partial charge on any atom is -0.371 e. The van der Waals surface area contributed by atoms with E-state index in [9.17, 15) is 0 Å². The van der Waals surface area contributed by atoms with Gasteiger partial charge in [-0.25, -0.2) is 0 Å². The summed E-state index contributed by atoms with van der Waals surface area (Å²) in [7, 11) is 0. The number of halogens is 1. The molecule has 3 aromatic rings. The maximum atomic E-state index is 6.95. The quantitative estimate of drug-likeness (QED) is 0.239. The lowest BCUT2D eigenvalue weighted by atomic mass is 9.84. The zero-order valence-corrected chi connectivity index (χ0v) is 30.6. The molecule has 0 radical (unpaired) electrons. The molecule has 2 aromatic heterocycles.